The lowest BCUT2D eigenvalue weighted by molar-refractivity contribution is -0.147. The molecule has 1 aliphatic rings. The summed E-state index contributed by atoms with van der Waals surface area (Å²) in [5.41, 5.74) is 0.763. The summed E-state index contributed by atoms with van der Waals surface area (Å²) in [6.45, 7) is 22.7. The van der Waals surface area contributed by atoms with E-state index >= 15 is 0 Å². The third-order valence-electron chi connectivity index (χ3n) is 6.61. The van der Waals surface area contributed by atoms with E-state index in [4.69, 9.17) is 4.74 Å². The largest absolute Gasteiger partial charge is 0.463 e. The van der Waals surface area contributed by atoms with Crippen molar-refractivity contribution >= 4 is 17.7 Å². The lowest BCUT2D eigenvalue weighted by Gasteiger charge is -2.68. The molecule has 0 aromatic heterocycles. The second-order valence-corrected chi connectivity index (χ2v) is 10.0. The summed E-state index contributed by atoms with van der Waals surface area (Å²) in [4.78, 5) is 14.9. The molecule has 1 rings (SSSR count). The van der Waals surface area contributed by atoms with Crippen molar-refractivity contribution in [3.05, 3.63) is 10.6 Å². The van der Waals surface area contributed by atoms with Crippen molar-refractivity contribution in [3.63, 3.8) is 0 Å². The second-order valence-electron chi connectivity index (χ2n) is 9.25. The van der Waals surface area contributed by atoms with Gasteiger partial charge in [-0.3, -0.25) is 0 Å². The van der Waals surface area contributed by atoms with Crippen LogP contribution in [0.2, 0.25) is 0 Å². The number of likely N-dealkylation sites (tertiary alicyclic amines) is 1. The molecular weight excluding hydrogens is 318 g/mol. The van der Waals surface area contributed by atoms with Crippen molar-refractivity contribution in [1.29, 1.82) is 0 Å². The van der Waals surface area contributed by atoms with E-state index in [0.717, 1.165) is 11.4 Å². The van der Waals surface area contributed by atoms with Crippen LogP contribution in [0.3, 0.4) is 0 Å². The Bertz CT molecular complexity index is 504. The third kappa shape index (κ3) is 3.23. The van der Waals surface area contributed by atoms with Gasteiger partial charge in [-0.05, 0) is 65.0 Å². The minimum absolute atomic E-state index is 0.0852. The first-order chi connectivity index (χ1) is 10.7. The first-order valence-corrected chi connectivity index (χ1v) is 10.1. The molecule has 140 valence electrons. The Balaban J connectivity index is 3.64. The molecule has 3 nitrogen and oxygen atoms in total. The first kappa shape index (κ1) is 21.4. The number of piperidine rings is 1. The summed E-state index contributed by atoms with van der Waals surface area (Å²) in [7, 11) is 0. The molecular formula is C20H37NO2S. The molecule has 0 unspecified atom stereocenters. The van der Waals surface area contributed by atoms with Crippen LogP contribution in [0.25, 0.3) is 0 Å². The number of carbonyl (C=O) groups is 1. The van der Waals surface area contributed by atoms with Crippen molar-refractivity contribution in [1.82, 2.24) is 4.90 Å². The predicted molar refractivity (Wildman–Crippen MR) is 105 cm³/mol. The molecule has 0 radical (unpaired) electrons. The molecule has 0 N–H and O–H groups in total. The summed E-state index contributed by atoms with van der Waals surface area (Å²) in [5, 5.41) is 1.03. The topological polar surface area (TPSA) is 29.5 Å². The molecule has 0 aromatic rings. The number of thioether (sulfide) groups is 1. The Hall–Kier alpha value is -0.640. The molecule has 1 saturated heterocycles. The zero-order valence-electron chi connectivity index (χ0n) is 17.6. The fourth-order valence-electron chi connectivity index (χ4n) is 4.09. The maximum atomic E-state index is 12.4. The summed E-state index contributed by atoms with van der Waals surface area (Å²) in [6, 6.07) is 0. The van der Waals surface area contributed by atoms with Crippen LogP contribution in [0.15, 0.2) is 10.6 Å². The van der Waals surface area contributed by atoms with E-state index in [1.165, 1.54) is 0 Å². The van der Waals surface area contributed by atoms with Crippen LogP contribution in [0.4, 0.5) is 0 Å². The highest BCUT2D eigenvalue weighted by atomic mass is 32.2. The molecule has 24 heavy (non-hydrogen) atoms. The summed E-state index contributed by atoms with van der Waals surface area (Å²) < 4.78 is 5.28. The fourth-order valence-corrected chi connectivity index (χ4v) is 5.12. The maximum absolute atomic E-state index is 12.4. The Morgan fingerprint density at radius 1 is 1.00 bits per heavy atom. The van der Waals surface area contributed by atoms with Crippen molar-refractivity contribution in [3.8, 4) is 0 Å². The Kier molecular flexibility index (Phi) is 5.87. The van der Waals surface area contributed by atoms with Gasteiger partial charge in [0.05, 0.1) is 17.2 Å². The number of ether oxygens (including phenoxy) is 1. The minimum atomic E-state index is -0.213. The number of nitrogens with zero attached hydrogens (tertiary/aromatic N) is 1. The van der Waals surface area contributed by atoms with Crippen molar-refractivity contribution in [2.24, 2.45) is 10.8 Å². The van der Waals surface area contributed by atoms with Crippen molar-refractivity contribution < 1.29 is 9.53 Å². The van der Waals surface area contributed by atoms with E-state index in [1.807, 2.05) is 13.8 Å². The molecule has 1 aliphatic heterocycles. The first-order valence-electron chi connectivity index (χ1n) is 8.89. The quantitative estimate of drug-likeness (QED) is 0.495. The van der Waals surface area contributed by atoms with E-state index < -0.39 is 0 Å². The highest BCUT2D eigenvalue weighted by molar-refractivity contribution is 8.02. The molecule has 0 bridgehead atoms. The molecule has 0 saturated carbocycles. The van der Waals surface area contributed by atoms with Gasteiger partial charge in [-0.15, -0.1) is 11.8 Å². The maximum Gasteiger partial charge on any atom is 0.336 e. The number of rotatable bonds is 4. The van der Waals surface area contributed by atoms with Crippen molar-refractivity contribution in [2.75, 3.05) is 12.9 Å². The van der Waals surface area contributed by atoms with Crippen LogP contribution in [-0.2, 0) is 9.53 Å². The fraction of sp³-hybridized carbons (Fsp3) is 0.850. The summed E-state index contributed by atoms with van der Waals surface area (Å²) in [6.07, 6.45) is 3.19. The van der Waals surface area contributed by atoms with E-state index in [0.29, 0.717) is 12.2 Å². The molecule has 1 heterocycles. The Morgan fingerprint density at radius 2 is 1.42 bits per heavy atom. The van der Waals surface area contributed by atoms with Gasteiger partial charge in [0.2, 0.25) is 0 Å². The zero-order chi connectivity index (χ0) is 19.1. The van der Waals surface area contributed by atoms with Gasteiger partial charge in [-0.2, -0.15) is 0 Å². The van der Waals surface area contributed by atoms with Gasteiger partial charge in [0.15, 0.2) is 0 Å². The number of hydrogen-bond acceptors (Lipinski definition) is 4. The van der Waals surface area contributed by atoms with Gasteiger partial charge in [-0.25, -0.2) is 4.79 Å². The van der Waals surface area contributed by atoms with E-state index in [9.17, 15) is 4.79 Å². The van der Waals surface area contributed by atoms with Crippen LogP contribution in [0.5, 0.6) is 0 Å². The Morgan fingerprint density at radius 3 is 1.75 bits per heavy atom. The Labute approximate surface area is 153 Å². The standard InChI is InChI=1S/C20H37NO2S/c1-12-23-16(22)14(2)15(24-11)21-19(7,8)17(3,4)13-18(5,6)20(21,9)10/h12-13H2,1-11H3. The molecule has 4 heteroatoms. The molecule has 0 aliphatic carbocycles. The second kappa shape index (κ2) is 6.59. The van der Waals surface area contributed by atoms with Gasteiger partial charge >= 0.3 is 5.97 Å². The van der Waals surface area contributed by atoms with Gasteiger partial charge in [-0.1, -0.05) is 27.7 Å². The van der Waals surface area contributed by atoms with Crippen LogP contribution in [0.1, 0.15) is 75.7 Å². The SMILES string of the molecule is CCOC(=O)C(C)=C(SC)N1C(C)(C)C(C)(C)CC(C)(C)C1(C)C. The molecule has 0 aromatic carbocycles. The smallest absolute Gasteiger partial charge is 0.336 e. The molecule has 0 atom stereocenters. The lowest BCUT2D eigenvalue weighted by Crippen LogP contribution is -2.70. The van der Waals surface area contributed by atoms with E-state index in [-0.39, 0.29) is 27.9 Å². The van der Waals surface area contributed by atoms with Crippen LogP contribution < -0.4 is 0 Å². The number of hydrogen-bond donors (Lipinski definition) is 0. The monoisotopic (exact) mass is 355 g/mol. The predicted octanol–water partition coefficient (Wildman–Crippen LogP) is 5.46. The third-order valence-corrected chi connectivity index (χ3v) is 7.49. The summed E-state index contributed by atoms with van der Waals surface area (Å²) in [5.74, 6) is -0.213. The highest BCUT2D eigenvalue weighted by Crippen LogP contribution is 2.59. The van der Waals surface area contributed by atoms with Gasteiger partial charge < -0.3 is 9.64 Å². The minimum Gasteiger partial charge on any atom is -0.463 e. The zero-order valence-corrected chi connectivity index (χ0v) is 18.4. The number of esters is 1. The lowest BCUT2D eigenvalue weighted by atomic mass is 9.54. The average molecular weight is 356 g/mol. The molecule has 0 spiro atoms. The number of carbonyl (C=O) groups excluding carboxylic acids is 1. The van der Waals surface area contributed by atoms with Crippen LogP contribution in [0, 0.1) is 10.8 Å². The highest BCUT2D eigenvalue weighted by Gasteiger charge is 2.59. The molecule has 0 amide bonds. The molecule has 1 fully saturated rings. The van der Waals surface area contributed by atoms with Crippen molar-refractivity contribution in [2.45, 2.75) is 86.7 Å². The summed E-state index contributed by atoms with van der Waals surface area (Å²) >= 11 is 1.65. The van der Waals surface area contributed by atoms with Gasteiger partial charge in [0, 0.05) is 11.1 Å². The van der Waals surface area contributed by atoms with Gasteiger partial charge in [0.25, 0.3) is 0 Å². The van der Waals surface area contributed by atoms with E-state index in [2.05, 4.69) is 66.5 Å². The van der Waals surface area contributed by atoms with Crippen LogP contribution in [-0.4, -0.2) is 34.8 Å². The normalized spacial score (nSPS) is 25.0. The van der Waals surface area contributed by atoms with Crippen LogP contribution >= 0.6 is 11.8 Å². The van der Waals surface area contributed by atoms with Gasteiger partial charge in [0.1, 0.15) is 0 Å². The van der Waals surface area contributed by atoms with E-state index in [1.54, 1.807) is 11.8 Å². The average Bonchev–Trinajstić information content (AvgIpc) is 2.40.